The fourth-order valence-corrected chi connectivity index (χ4v) is 2.00. The van der Waals surface area contributed by atoms with Crippen molar-refractivity contribution < 1.29 is 4.52 Å². The maximum Gasteiger partial charge on any atom is 0.124 e. The van der Waals surface area contributed by atoms with E-state index in [2.05, 4.69) is 10.5 Å². The third-order valence-corrected chi connectivity index (χ3v) is 3.08. The van der Waals surface area contributed by atoms with Gasteiger partial charge in [-0.1, -0.05) is 28.4 Å². The molecule has 1 atom stereocenters. The second kappa shape index (κ2) is 5.54. The minimum atomic E-state index is 0.0953. The Morgan fingerprint density at radius 2 is 2.18 bits per heavy atom. The Labute approximate surface area is 110 Å². The number of benzene rings is 1. The molecule has 0 aliphatic rings. The van der Waals surface area contributed by atoms with Crippen LogP contribution in [-0.2, 0) is 6.54 Å². The van der Waals surface area contributed by atoms with Gasteiger partial charge in [0.25, 0.3) is 0 Å². The van der Waals surface area contributed by atoms with Crippen molar-refractivity contribution in [2.45, 2.75) is 19.5 Å². The van der Waals surface area contributed by atoms with Crippen LogP contribution in [0.2, 0.25) is 10.0 Å². The molecular weight excluding hydrogens is 259 g/mol. The third kappa shape index (κ3) is 3.22. The van der Waals surface area contributed by atoms with E-state index in [-0.39, 0.29) is 6.04 Å². The molecule has 2 rings (SSSR count). The first-order valence-corrected chi connectivity index (χ1v) is 6.00. The van der Waals surface area contributed by atoms with Gasteiger partial charge in [0, 0.05) is 28.7 Å². The lowest BCUT2D eigenvalue weighted by molar-refractivity contribution is 0.406. The van der Waals surface area contributed by atoms with Crippen LogP contribution in [0, 0.1) is 0 Å². The molecule has 0 aliphatic heterocycles. The Balaban J connectivity index is 2.04. The number of halogens is 2. The maximum absolute atomic E-state index is 6.12. The van der Waals surface area contributed by atoms with Crippen LogP contribution >= 0.6 is 23.2 Å². The minimum Gasteiger partial charge on any atom is -0.364 e. The molecule has 0 fully saturated rings. The molecule has 17 heavy (non-hydrogen) atoms. The Bertz CT molecular complexity index is 485. The van der Waals surface area contributed by atoms with Crippen molar-refractivity contribution in [3.05, 3.63) is 51.8 Å². The van der Waals surface area contributed by atoms with Crippen molar-refractivity contribution in [2.75, 3.05) is 0 Å². The summed E-state index contributed by atoms with van der Waals surface area (Å²) in [6, 6.07) is 7.35. The van der Waals surface area contributed by atoms with E-state index in [4.69, 9.17) is 27.7 Å². The average Bonchev–Trinajstić information content (AvgIpc) is 2.82. The van der Waals surface area contributed by atoms with E-state index >= 15 is 0 Å². The number of rotatable bonds is 4. The normalized spacial score (nSPS) is 12.6. The number of aromatic nitrogens is 1. The molecule has 0 saturated heterocycles. The first kappa shape index (κ1) is 12.4. The number of nitrogens with one attached hydrogen (secondary N) is 1. The van der Waals surface area contributed by atoms with E-state index in [0.29, 0.717) is 16.6 Å². The highest BCUT2D eigenvalue weighted by Crippen LogP contribution is 2.26. The van der Waals surface area contributed by atoms with Gasteiger partial charge in [0.2, 0.25) is 0 Å². The van der Waals surface area contributed by atoms with E-state index in [1.807, 2.05) is 19.1 Å². The van der Waals surface area contributed by atoms with Crippen molar-refractivity contribution >= 4 is 23.2 Å². The van der Waals surface area contributed by atoms with Gasteiger partial charge < -0.3 is 9.84 Å². The van der Waals surface area contributed by atoms with Gasteiger partial charge in [0.1, 0.15) is 6.26 Å². The highest BCUT2D eigenvalue weighted by molar-refractivity contribution is 6.33. The van der Waals surface area contributed by atoms with Crippen LogP contribution in [0.25, 0.3) is 0 Å². The summed E-state index contributed by atoms with van der Waals surface area (Å²) < 4.78 is 4.76. The lowest BCUT2D eigenvalue weighted by Crippen LogP contribution is -2.18. The van der Waals surface area contributed by atoms with E-state index in [9.17, 15) is 0 Å². The van der Waals surface area contributed by atoms with Gasteiger partial charge >= 0.3 is 0 Å². The fraction of sp³-hybridized carbons (Fsp3) is 0.250. The summed E-state index contributed by atoms with van der Waals surface area (Å²) >= 11 is 12.1. The Hall–Kier alpha value is -1.03. The highest BCUT2D eigenvalue weighted by Gasteiger charge is 2.10. The van der Waals surface area contributed by atoms with Crippen molar-refractivity contribution in [3.63, 3.8) is 0 Å². The predicted octanol–water partition coefficient (Wildman–Crippen LogP) is 3.83. The Morgan fingerprint density at radius 3 is 2.88 bits per heavy atom. The van der Waals surface area contributed by atoms with E-state index in [1.54, 1.807) is 18.4 Å². The quantitative estimate of drug-likeness (QED) is 0.918. The molecule has 2 aromatic rings. The van der Waals surface area contributed by atoms with Gasteiger partial charge in [-0.3, -0.25) is 0 Å². The summed E-state index contributed by atoms with van der Waals surface area (Å²) in [7, 11) is 0. The third-order valence-electron chi connectivity index (χ3n) is 2.51. The molecule has 5 heteroatoms. The van der Waals surface area contributed by atoms with Crippen LogP contribution < -0.4 is 5.32 Å². The fourth-order valence-electron chi connectivity index (χ4n) is 1.54. The zero-order chi connectivity index (χ0) is 12.3. The molecular formula is C12H12Cl2N2O. The molecule has 90 valence electrons. The summed E-state index contributed by atoms with van der Waals surface area (Å²) in [6.45, 7) is 2.65. The maximum atomic E-state index is 6.12. The molecule has 1 heterocycles. The first-order chi connectivity index (χ1) is 8.16. The van der Waals surface area contributed by atoms with Gasteiger partial charge in [-0.15, -0.1) is 0 Å². The monoisotopic (exact) mass is 270 g/mol. The minimum absolute atomic E-state index is 0.0953. The molecule has 1 N–H and O–H groups in total. The van der Waals surface area contributed by atoms with Crippen molar-refractivity contribution in [1.82, 2.24) is 10.5 Å². The van der Waals surface area contributed by atoms with Gasteiger partial charge in [-0.25, -0.2) is 0 Å². The van der Waals surface area contributed by atoms with Crippen molar-refractivity contribution in [3.8, 4) is 0 Å². The van der Waals surface area contributed by atoms with E-state index < -0.39 is 0 Å². The SMILES string of the molecule is CC(NCc1ccon1)c1cc(Cl)ccc1Cl. The predicted molar refractivity (Wildman–Crippen MR) is 68.2 cm³/mol. The Morgan fingerprint density at radius 1 is 1.35 bits per heavy atom. The summed E-state index contributed by atoms with van der Waals surface area (Å²) in [4.78, 5) is 0. The molecule has 0 spiro atoms. The van der Waals surface area contributed by atoms with Crippen LogP contribution in [0.4, 0.5) is 0 Å². The van der Waals surface area contributed by atoms with Gasteiger partial charge in [-0.2, -0.15) is 0 Å². The summed E-state index contributed by atoms with van der Waals surface area (Å²) in [5.74, 6) is 0. The molecule has 3 nitrogen and oxygen atoms in total. The number of hydrogen-bond acceptors (Lipinski definition) is 3. The van der Waals surface area contributed by atoms with Gasteiger partial charge in [0.15, 0.2) is 0 Å². The Kier molecular flexibility index (Phi) is 4.05. The highest BCUT2D eigenvalue weighted by atomic mass is 35.5. The standard InChI is InChI=1S/C12H12Cl2N2O/c1-8(15-7-10-4-5-17-16-10)11-6-9(13)2-3-12(11)14/h2-6,8,15H,7H2,1H3. The number of hydrogen-bond donors (Lipinski definition) is 1. The van der Waals surface area contributed by atoms with Crippen molar-refractivity contribution in [1.29, 1.82) is 0 Å². The lowest BCUT2D eigenvalue weighted by Gasteiger charge is -2.15. The summed E-state index contributed by atoms with van der Waals surface area (Å²) in [5.41, 5.74) is 1.83. The molecule has 0 saturated carbocycles. The first-order valence-electron chi connectivity index (χ1n) is 5.24. The van der Waals surface area contributed by atoms with E-state index in [0.717, 1.165) is 11.3 Å². The smallest absolute Gasteiger partial charge is 0.124 e. The summed E-state index contributed by atoms with van der Waals surface area (Å²) in [5, 5.41) is 8.51. The topological polar surface area (TPSA) is 38.1 Å². The van der Waals surface area contributed by atoms with Gasteiger partial charge in [-0.05, 0) is 30.7 Å². The molecule has 0 amide bonds. The van der Waals surface area contributed by atoms with Crippen LogP contribution in [0.5, 0.6) is 0 Å². The van der Waals surface area contributed by atoms with E-state index in [1.165, 1.54) is 0 Å². The summed E-state index contributed by atoms with van der Waals surface area (Å²) in [6.07, 6.45) is 1.55. The molecule has 0 aliphatic carbocycles. The molecule has 1 aromatic carbocycles. The van der Waals surface area contributed by atoms with Gasteiger partial charge in [0.05, 0.1) is 5.69 Å². The van der Waals surface area contributed by atoms with Crippen LogP contribution in [0.3, 0.4) is 0 Å². The molecule has 1 aromatic heterocycles. The molecule has 0 bridgehead atoms. The van der Waals surface area contributed by atoms with Crippen LogP contribution in [-0.4, -0.2) is 5.16 Å². The van der Waals surface area contributed by atoms with Crippen LogP contribution in [0.15, 0.2) is 35.1 Å². The average molecular weight is 271 g/mol. The van der Waals surface area contributed by atoms with Crippen molar-refractivity contribution in [2.24, 2.45) is 0 Å². The largest absolute Gasteiger partial charge is 0.364 e. The molecule has 0 radical (unpaired) electrons. The second-order valence-corrected chi connectivity index (χ2v) is 4.60. The zero-order valence-electron chi connectivity index (χ0n) is 9.28. The second-order valence-electron chi connectivity index (χ2n) is 3.76. The molecule has 1 unspecified atom stereocenters. The lowest BCUT2D eigenvalue weighted by atomic mass is 10.1. The number of nitrogens with zero attached hydrogens (tertiary/aromatic N) is 1. The zero-order valence-corrected chi connectivity index (χ0v) is 10.8. The van der Waals surface area contributed by atoms with Crippen LogP contribution in [0.1, 0.15) is 24.2 Å².